The van der Waals surface area contributed by atoms with Gasteiger partial charge in [-0.15, -0.1) is 5.06 Å². The topological polar surface area (TPSA) is 29.5 Å². The maximum atomic E-state index is 9.99. The number of hydrogen-bond acceptors (Lipinski definition) is 3. The molecule has 44 valence electrons. The Labute approximate surface area is 72.7 Å². The van der Waals surface area contributed by atoms with Crippen LogP contribution in [0.3, 0.4) is 0 Å². The molecule has 0 amide bonds. The maximum absolute atomic E-state index is 9.99. The monoisotopic (exact) mass is 127 g/mol. The quantitative estimate of drug-likeness (QED) is 0.280. The fourth-order valence-electron chi connectivity index (χ4n) is 0.257. The molecule has 0 heterocycles. The zero-order chi connectivity index (χ0) is 5.86. The van der Waals surface area contributed by atoms with Gasteiger partial charge < -0.3 is 6.26 Å². The third kappa shape index (κ3) is 9.66. The molecule has 0 rings (SSSR count). The van der Waals surface area contributed by atoms with Gasteiger partial charge in [0.05, 0.1) is 0 Å². The molecule has 0 atom stereocenters. The molecule has 0 bridgehead atoms. The number of hydroxylamine groups is 2. The molecular formula is C4H10NNaO2. The SMILES string of the molecule is CC(=O)ON(C)C.[H-].[Na+]. The van der Waals surface area contributed by atoms with Crippen LogP contribution in [0, 0.1) is 0 Å². The van der Waals surface area contributed by atoms with Crippen LogP contribution < -0.4 is 29.6 Å². The van der Waals surface area contributed by atoms with E-state index in [2.05, 4.69) is 4.84 Å². The first-order chi connectivity index (χ1) is 3.13. The predicted molar refractivity (Wildman–Crippen MR) is 26.6 cm³/mol. The van der Waals surface area contributed by atoms with Gasteiger partial charge in [-0.05, 0) is 0 Å². The maximum Gasteiger partial charge on any atom is 1.00 e. The molecule has 0 fully saturated rings. The Hall–Kier alpha value is 0.430. The van der Waals surface area contributed by atoms with Crippen molar-refractivity contribution < 1.29 is 40.6 Å². The van der Waals surface area contributed by atoms with Gasteiger partial charge in [0.1, 0.15) is 0 Å². The second-order valence-electron chi connectivity index (χ2n) is 1.40. The van der Waals surface area contributed by atoms with Crippen LogP contribution in [0.5, 0.6) is 0 Å². The van der Waals surface area contributed by atoms with E-state index in [0.29, 0.717) is 0 Å². The Kier molecular flexibility index (Phi) is 7.83. The molecule has 0 N–H and O–H groups in total. The Morgan fingerprint density at radius 2 is 2.00 bits per heavy atom. The summed E-state index contributed by atoms with van der Waals surface area (Å²) in [4.78, 5) is 14.4. The van der Waals surface area contributed by atoms with Gasteiger partial charge in [0, 0.05) is 21.0 Å². The number of carbonyl (C=O) groups excluding carboxylic acids is 1. The first-order valence-electron chi connectivity index (χ1n) is 1.99. The number of nitrogens with zero attached hydrogens (tertiary/aromatic N) is 1. The van der Waals surface area contributed by atoms with Crippen molar-refractivity contribution in [1.29, 1.82) is 0 Å². The molecule has 0 saturated heterocycles. The molecule has 0 aromatic carbocycles. The van der Waals surface area contributed by atoms with Gasteiger partial charge in [0.25, 0.3) is 0 Å². The average molecular weight is 127 g/mol. The first-order valence-corrected chi connectivity index (χ1v) is 1.99. The van der Waals surface area contributed by atoms with E-state index >= 15 is 0 Å². The molecule has 3 nitrogen and oxygen atoms in total. The largest absolute Gasteiger partial charge is 1.00 e. The number of carbonyl (C=O) groups is 1. The van der Waals surface area contributed by atoms with Crippen molar-refractivity contribution in [2.45, 2.75) is 6.92 Å². The summed E-state index contributed by atoms with van der Waals surface area (Å²) in [6.45, 7) is 1.36. The van der Waals surface area contributed by atoms with Crippen molar-refractivity contribution in [3.05, 3.63) is 0 Å². The Morgan fingerprint density at radius 1 is 1.62 bits per heavy atom. The van der Waals surface area contributed by atoms with Crippen LogP contribution >= 0.6 is 0 Å². The van der Waals surface area contributed by atoms with Crippen LogP contribution in [0.1, 0.15) is 8.35 Å². The minimum absolute atomic E-state index is 0. The second kappa shape index (κ2) is 5.56. The van der Waals surface area contributed by atoms with E-state index in [1.165, 1.54) is 12.0 Å². The third-order valence-corrected chi connectivity index (χ3v) is 0.311. The Morgan fingerprint density at radius 3 is 2.00 bits per heavy atom. The number of hydrogen-bond donors (Lipinski definition) is 0. The first kappa shape index (κ1) is 11.3. The van der Waals surface area contributed by atoms with Crippen molar-refractivity contribution in [3.63, 3.8) is 0 Å². The van der Waals surface area contributed by atoms with Gasteiger partial charge in [-0.3, -0.25) is 4.79 Å². The van der Waals surface area contributed by atoms with E-state index < -0.39 is 0 Å². The molecule has 4 heteroatoms. The summed E-state index contributed by atoms with van der Waals surface area (Å²) >= 11 is 0. The zero-order valence-corrected chi connectivity index (χ0v) is 7.76. The zero-order valence-electron chi connectivity index (χ0n) is 6.76. The van der Waals surface area contributed by atoms with Crippen LogP contribution in [0.25, 0.3) is 0 Å². The summed E-state index contributed by atoms with van der Waals surface area (Å²) in [5, 5.41) is 1.35. The molecule has 0 saturated carbocycles. The van der Waals surface area contributed by atoms with Crippen LogP contribution in [0.4, 0.5) is 0 Å². The minimum Gasteiger partial charge on any atom is -1.00 e. The van der Waals surface area contributed by atoms with Gasteiger partial charge in [-0.2, -0.15) is 0 Å². The summed E-state index contributed by atoms with van der Waals surface area (Å²) in [7, 11) is 3.31. The van der Waals surface area contributed by atoms with Gasteiger partial charge in [-0.25, -0.2) is 0 Å². The minimum atomic E-state index is -0.287. The standard InChI is InChI=1S/C4H9NO2.Na.H/c1-4(6)7-5(2)3;;/h1-3H3;;/q;+1;-1. The van der Waals surface area contributed by atoms with E-state index in [0.717, 1.165) is 0 Å². The molecule has 0 aliphatic rings. The van der Waals surface area contributed by atoms with Crippen molar-refractivity contribution >= 4 is 5.97 Å². The van der Waals surface area contributed by atoms with E-state index in [4.69, 9.17) is 0 Å². The summed E-state index contributed by atoms with van der Waals surface area (Å²) in [5.74, 6) is -0.287. The third-order valence-electron chi connectivity index (χ3n) is 0.311. The van der Waals surface area contributed by atoms with E-state index in [1.807, 2.05) is 0 Å². The van der Waals surface area contributed by atoms with Crippen molar-refractivity contribution in [2.24, 2.45) is 0 Å². The predicted octanol–water partition coefficient (Wildman–Crippen LogP) is -2.86. The van der Waals surface area contributed by atoms with Gasteiger partial charge in [0.2, 0.25) is 0 Å². The van der Waals surface area contributed by atoms with Crippen LogP contribution in [0.2, 0.25) is 0 Å². The molecule has 0 radical (unpaired) electrons. The molecule has 8 heavy (non-hydrogen) atoms. The van der Waals surface area contributed by atoms with Crippen molar-refractivity contribution in [3.8, 4) is 0 Å². The molecule has 0 aliphatic carbocycles. The molecule has 0 aromatic heterocycles. The summed E-state index contributed by atoms with van der Waals surface area (Å²) < 4.78 is 0. The smallest absolute Gasteiger partial charge is 1.00 e. The number of rotatable bonds is 1. The summed E-state index contributed by atoms with van der Waals surface area (Å²) in [6.07, 6.45) is 0. The van der Waals surface area contributed by atoms with E-state index in [9.17, 15) is 4.79 Å². The van der Waals surface area contributed by atoms with E-state index in [-0.39, 0.29) is 37.0 Å². The molecule has 0 unspecified atom stereocenters. The van der Waals surface area contributed by atoms with Crippen LogP contribution in [-0.2, 0) is 9.63 Å². The fraction of sp³-hybridized carbons (Fsp3) is 0.750. The van der Waals surface area contributed by atoms with Crippen LogP contribution in [0.15, 0.2) is 0 Å². The second-order valence-corrected chi connectivity index (χ2v) is 1.40. The molecular weight excluding hydrogens is 117 g/mol. The van der Waals surface area contributed by atoms with Crippen LogP contribution in [-0.4, -0.2) is 25.1 Å². The Balaban J connectivity index is -0.000000180. The van der Waals surface area contributed by atoms with Gasteiger partial charge in [0.15, 0.2) is 0 Å². The van der Waals surface area contributed by atoms with Gasteiger partial charge in [-0.1, -0.05) is 0 Å². The fourth-order valence-corrected chi connectivity index (χ4v) is 0.257. The molecule has 0 spiro atoms. The van der Waals surface area contributed by atoms with Gasteiger partial charge >= 0.3 is 35.5 Å². The Bertz CT molecular complexity index is 79.0. The van der Waals surface area contributed by atoms with Crippen molar-refractivity contribution in [2.75, 3.05) is 14.1 Å². The van der Waals surface area contributed by atoms with Crippen molar-refractivity contribution in [1.82, 2.24) is 5.06 Å². The average Bonchev–Trinajstić information content (AvgIpc) is 1.27. The normalized spacial score (nSPS) is 8.00. The van der Waals surface area contributed by atoms with E-state index in [1.54, 1.807) is 14.1 Å². The molecule has 0 aromatic rings. The molecule has 0 aliphatic heterocycles. The summed E-state index contributed by atoms with van der Waals surface area (Å²) in [5.41, 5.74) is 0. The summed E-state index contributed by atoms with van der Waals surface area (Å²) in [6, 6.07) is 0.